The lowest BCUT2D eigenvalue weighted by Gasteiger charge is -2.57. The Morgan fingerprint density at radius 2 is 2.05 bits per heavy atom. The zero-order chi connectivity index (χ0) is 15.8. The molecule has 2 aliphatic carbocycles. The molecule has 0 heterocycles. The molecule has 0 unspecified atom stereocenters. The molecule has 0 aromatic carbocycles. The minimum Gasteiger partial charge on any atom is -0.481 e. The van der Waals surface area contributed by atoms with Gasteiger partial charge in [0, 0.05) is 0 Å². The van der Waals surface area contributed by atoms with Gasteiger partial charge in [0.25, 0.3) is 0 Å². The largest absolute Gasteiger partial charge is 0.481 e. The topological polar surface area (TPSA) is 63.6 Å². The monoisotopic (exact) mass is 294 g/mol. The molecule has 1 N–H and O–H groups in total. The highest BCUT2D eigenvalue weighted by Crippen LogP contribution is 2.61. The van der Waals surface area contributed by atoms with Crippen molar-refractivity contribution in [3.63, 3.8) is 0 Å². The standard InChI is InChI=1S/C17H26O4/c1-11-6-7-13-16(2,12(11)10-14(18)19)8-5-9-17(13,3)15(20)21-4/h12-13H,1,5-10H2,2-4H3,(H,18,19)/t12-,13+,16+,17-/m0/s1. The van der Waals surface area contributed by atoms with E-state index in [1.54, 1.807) is 0 Å². The highest BCUT2D eigenvalue weighted by Gasteiger charge is 2.58. The number of ether oxygens (including phenoxy) is 1. The van der Waals surface area contributed by atoms with E-state index in [0.717, 1.165) is 37.7 Å². The van der Waals surface area contributed by atoms with Crippen LogP contribution in [0.3, 0.4) is 0 Å². The number of methoxy groups -OCH3 is 1. The third kappa shape index (κ3) is 2.49. The number of rotatable bonds is 3. The summed E-state index contributed by atoms with van der Waals surface area (Å²) in [6, 6.07) is 0. The van der Waals surface area contributed by atoms with Crippen LogP contribution in [0.5, 0.6) is 0 Å². The first-order valence-electron chi connectivity index (χ1n) is 7.73. The molecule has 118 valence electrons. The van der Waals surface area contributed by atoms with Crippen LogP contribution in [0, 0.1) is 22.7 Å². The quantitative estimate of drug-likeness (QED) is 0.640. The van der Waals surface area contributed by atoms with Gasteiger partial charge in [-0.15, -0.1) is 0 Å². The summed E-state index contributed by atoms with van der Waals surface area (Å²) >= 11 is 0. The average Bonchev–Trinajstić information content (AvgIpc) is 2.41. The second-order valence-electron chi connectivity index (χ2n) is 7.17. The first-order valence-corrected chi connectivity index (χ1v) is 7.73. The summed E-state index contributed by atoms with van der Waals surface area (Å²) in [7, 11) is 1.44. The molecule has 0 saturated heterocycles. The SMILES string of the molecule is C=C1CC[C@@H]2[C@](C)(CCC[C@]2(C)C(=O)OC)[C@H]1CC(=O)O. The van der Waals surface area contributed by atoms with Gasteiger partial charge in [0.05, 0.1) is 18.9 Å². The zero-order valence-corrected chi connectivity index (χ0v) is 13.3. The van der Waals surface area contributed by atoms with Gasteiger partial charge in [-0.3, -0.25) is 9.59 Å². The van der Waals surface area contributed by atoms with E-state index < -0.39 is 11.4 Å². The van der Waals surface area contributed by atoms with Crippen LogP contribution in [0.2, 0.25) is 0 Å². The van der Waals surface area contributed by atoms with Gasteiger partial charge >= 0.3 is 11.9 Å². The van der Waals surface area contributed by atoms with E-state index >= 15 is 0 Å². The van der Waals surface area contributed by atoms with Gasteiger partial charge < -0.3 is 9.84 Å². The number of carbonyl (C=O) groups excluding carboxylic acids is 1. The van der Waals surface area contributed by atoms with Crippen molar-refractivity contribution in [3.05, 3.63) is 12.2 Å². The van der Waals surface area contributed by atoms with Crippen LogP contribution in [0.25, 0.3) is 0 Å². The number of allylic oxidation sites excluding steroid dienone is 1. The van der Waals surface area contributed by atoms with Crippen LogP contribution in [-0.2, 0) is 14.3 Å². The molecule has 2 fully saturated rings. The lowest BCUT2D eigenvalue weighted by molar-refractivity contribution is -0.168. The summed E-state index contributed by atoms with van der Waals surface area (Å²) < 4.78 is 5.05. The first-order chi connectivity index (χ1) is 9.75. The van der Waals surface area contributed by atoms with Gasteiger partial charge in [0.1, 0.15) is 0 Å². The molecule has 2 aliphatic rings. The highest BCUT2D eigenvalue weighted by atomic mass is 16.5. The number of carboxylic acid groups (broad SMARTS) is 1. The number of carboxylic acids is 1. The normalized spacial score (nSPS) is 39.5. The van der Waals surface area contributed by atoms with Crippen LogP contribution in [0.4, 0.5) is 0 Å². The lowest BCUT2D eigenvalue weighted by Crippen LogP contribution is -2.54. The smallest absolute Gasteiger partial charge is 0.311 e. The van der Waals surface area contributed by atoms with Gasteiger partial charge in [0.15, 0.2) is 0 Å². The molecule has 4 heteroatoms. The summed E-state index contributed by atoms with van der Waals surface area (Å²) in [6.45, 7) is 8.26. The van der Waals surface area contributed by atoms with Gasteiger partial charge in [-0.05, 0) is 49.9 Å². The molecular formula is C17H26O4. The van der Waals surface area contributed by atoms with E-state index in [-0.39, 0.29) is 29.6 Å². The van der Waals surface area contributed by atoms with Crippen molar-refractivity contribution in [1.29, 1.82) is 0 Å². The van der Waals surface area contributed by atoms with E-state index in [4.69, 9.17) is 4.74 Å². The van der Waals surface area contributed by atoms with Gasteiger partial charge in [0.2, 0.25) is 0 Å². The molecule has 0 radical (unpaired) electrons. The van der Waals surface area contributed by atoms with Crippen molar-refractivity contribution in [1.82, 2.24) is 0 Å². The molecule has 0 spiro atoms. The fraction of sp³-hybridized carbons (Fsp3) is 0.765. The van der Waals surface area contributed by atoms with Crippen molar-refractivity contribution in [3.8, 4) is 0 Å². The summed E-state index contributed by atoms with van der Waals surface area (Å²) in [5, 5.41) is 9.24. The van der Waals surface area contributed by atoms with Crippen LogP contribution in [-0.4, -0.2) is 24.2 Å². The van der Waals surface area contributed by atoms with Crippen LogP contribution < -0.4 is 0 Å². The predicted molar refractivity (Wildman–Crippen MR) is 79.7 cm³/mol. The van der Waals surface area contributed by atoms with E-state index in [1.807, 2.05) is 6.92 Å². The predicted octanol–water partition coefficient (Wildman–Crippen LogP) is 3.41. The van der Waals surface area contributed by atoms with Crippen LogP contribution in [0.1, 0.15) is 52.4 Å². The Bertz CT molecular complexity index is 469. The zero-order valence-electron chi connectivity index (χ0n) is 13.3. The summed E-state index contributed by atoms with van der Waals surface area (Å²) in [4.78, 5) is 23.6. The average molecular weight is 294 g/mol. The van der Waals surface area contributed by atoms with E-state index in [9.17, 15) is 14.7 Å². The Kier molecular flexibility index (Phi) is 4.18. The van der Waals surface area contributed by atoms with E-state index in [2.05, 4.69) is 13.5 Å². The molecule has 21 heavy (non-hydrogen) atoms. The maximum absolute atomic E-state index is 12.3. The van der Waals surface area contributed by atoms with Gasteiger partial charge in [-0.25, -0.2) is 0 Å². The molecule has 4 atom stereocenters. The number of hydrogen-bond acceptors (Lipinski definition) is 3. The Morgan fingerprint density at radius 3 is 2.62 bits per heavy atom. The van der Waals surface area contributed by atoms with Crippen LogP contribution in [0.15, 0.2) is 12.2 Å². The third-order valence-electron chi connectivity index (χ3n) is 6.05. The van der Waals surface area contributed by atoms with E-state index in [1.165, 1.54) is 7.11 Å². The Labute approximate surface area is 126 Å². The fourth-order valence-corrected chi connectivity index (χ4v) is 4.98. The molecule has 0 aromatic heterocycles. The van der Waals surface area contributed by atoms with Crippen molar-refractivity contribution < 1.29 is 19.4 Å². The molecule has 2 saturated carbocycles. The molecule has 2 rings (SSSR count). The Morgan fingerprint density at radius 1 is 1.38 bits per heavy atom. The molecule has 0 bridgehead atoms. The number of esters is 1. The molecule has 0 amide bonds. The minimum atomic E-state index is -0.784. The van der Waals surface area contributed by atoms with Crippen molar-refractivity contribution in [2.45, 2.75) is 52.4 Å². The highest BCUT2D eigenvalue weighted by molar-refractivity contribution is 5.77. The number of aliphatic carboxylic acids is 1. The maximum atomic E-state index is 12.3. The second kappa shape index (κ2) is 5.47. The number of hydrogen-bond donors (Lipinski definition) is 1. The molecule has 0 aliphatic heterocycles. The van der Waals surface area contributed by atoms with Gasteiger partial charge in [-0.2, -0.15) is 0 Å². The van der Waals surface area contributed by atoms with Gasteiger partial charge in [-0.1, -0.05) is 25.5 Å². The van der Waals surface area contributed by atoms with Crippen molar-refractivity contribution in [2.75, 3.05) is 7.11 Å². The van der Waals surface area contributed by atoms with Crippen molar-refractivity contribution >= 4 is 11.9 Å². The molecule has 0 aromatic rings. The van der Waals surface area contributed by atoms with Crippen molar-refractivity contribution in [2.24, 2.45) is 22.7 Å². The maximum Gasteiger partial charge on any atom is 0.311 e. The molecular weight excluding hydrogens is 268 g/mol. The first kappa shape index (κ1) is 16.1. The summed E-state index contributed by atoms with van der Waals surface area (Å²) in [6.07, 6.45) is 4.54. The number of carbonyl (C=O) groups is 2. The van der Waals surface area contributed by atoms with E-state index in [0.29, 0.717) is 0 Å². The summed E-state index contributed by atoms with van der Waals surface area (Å²) in [5.74, 6) is -0.813. The van der Waals surface area contributed by atoms with Crippen LogP contribution >= 0.6 is 0 Å². The lowest BCUT2D eigenvalue weighted by atomic mass is 9.46. The number of fused-ring (bicyclic) bond motifs is 1. The Hall–Kier alpha value is -1.32. The summed E-state index contributed by atoms with van der Waals surface area (Å²) in [5.41, 5.74) is 0.360. The second-order valence-corrected chi connectivity index (χ2v) is 7.17. The molecule has 4 nitrogen and oxygen atoms in total. The third-order valence-corrected chi connectivity index (χ3v) is 6.05. The fourth-order valence-electron chi connectivity index (χ4n) is 4.98. The Balaban J connectivity index is 2.40. The minimum absolute atomic E-state index is 0.0435.